The van der Waals surface area contributed by atoms with Gasteiger partial charge in [0, 0.05) is 24.7 Å². The fraction of sp³-hybridized carbons (Fsp3) is 0.647. The number of rotatable bonds is 5. The number of nitrogens with zero attached hydrogens (tertiary/aromatic N) is 1. The molecular weight excluding hydrogens is 248 g/mol. The van der Waals surface area contributed by atoms with E-state index in [1.807, 2.05) is 30.3 Å². The summed E-state index contributed by atoms with van der Waals surface area (Å²) in [6.45, 7) is 1.97. The zero-order valence-corrected chi connectivity index (χ0v) is 12.2. The summed E-state index contributed by atoms with van der Waals surface area (Å²) in [5, 5.41) is 0. The Balaban J connectivity index is 1.44. The minimum absolute atomic E-state index is 0.433. The summed E-state index contributed by atoms with van der Waals surface area (Å²) in [6.07, 6.45) is 7.55. The van der Waals surface area contributed by atoms with E-state index < -0.39 is 0 Å². The number of para-hydroxylation sites is 1. The maximum atomic E-state index is 6.17. The summed E-state index contributed by atoms with van der Waals surface area (Å²) in [5.74, 6) is 0.980. The Morgan fingerprint density at radius 3 is 2.50 bits per heavy atom. The van der Waals surface area contributed by atoms with E-state index in [0.29, 0.717) is 6.04 Å². The molecule has 0 amide bonds. The fourth-order valence-corrected chi connectivity index (χ4v) is 3.84. The molecular formula is C17H26N2O. The van der Waals surface area contributed by atoms with Crippen molar-refractivity contribution < 1.29 is 4.74 Å². The molecule has 2 bridgehead atoms. The number of ether oxygens (including phenoxy) is 1. The molecule has 3 rings (SSSR count). The molecule has 2 heterocycles. The minimum atomic E-state index is 0.433. The van der Waals surface area contributed by atoms with Crippen molar-refractivity contribution in [2.75, 3.05) is 13.2 Å². The van der Waals surface area contributed by atoms with Gasteiger partial charge in [0.25, 0.3) is 0 Å². The third-order valence-corrected chi connectivity index (χ3v) is 4.73. The van der Waals surface area contributed by atoms with Crippen LogP contribution in [0.1, 0.15) is 38.5 Å². The predicted molar refractivity (Wildman–Crippen MR) is 81.9 cm³/mol. The lowest BCUT2D eigenvalue weighted by atomic mass is 9.82. The lowest BCUT2D eigenvalue weighted by molar-refractivity contribution is 0.0279. The van der Waals surface area contributed by atoms with Gasteiger partial charge in [-0.25, -0.2) is 0 Å². The van der Waals surface area contributed by atoms with Crippen molar-refractivity contribution >= 4 is 0 Å². The molecule has 0 radical (unpaired) electrons. The number of hydrogen-bond donors (Lipinski definition) is 1. The van der Waals surface area contributed by atoms with Crippen LogP contribution in [0.25, 0.3) is 0 Å². The second-order valence-electron chi connectivity index (χ2n) is 6.22. The van der Waals surface area contributed by atoms with Gasteiger partial charge in [-0.2, -0.15) is 0 Å². The predicted octanol–water partition coefficient (Wildman–Crippen LogP) is 2.80. The standard InChI is InChI=1S/C17H26N2O/c18-14-12-15-6-4-7-16(13-14)19(15)10-5-11-20-17-8-2-1-3-9-17/h1-3,8-9,14-16H,4-7,10-13,18H2. The van der Waals surface area contributed by atoms with Gasteiger partial charge in [0.1, 0.15) is 5.75 Å². The fourth-order valence-electron chi connectivity index (χ4n) is 3.84. The highest BCUT2D eigenvalue weighted by Gasteiger charge is 2.36. The zero-order chi connectivity index (χ0) is 13.8. The van der Waals surface area contributed by atoms with E-state index in [9.17, 15) is 0 Å². The Morgan fingerprint density at radius 1 is 1.10 bits per heavy atom. The van der Waals surface area contributed by atoms with E-state index in [4.69, 9.17) is 10.5 Å². The normalized spacial score (nSPS) is 30.1. The van der Waals surface area contributed by atoms with Crippen molar-refractivity contribution in [2.45, 2.75) is 56.7 Å². The maximum absolute atomic E-state index is 6.17. The average molecular weight is 274 g/mol. The third kappa shape index (κ3) is 3.33. The summed E-state index contributed by atoms with van der Waals surface area (Å²) in [6, 6.07) is 12.0. The minimum Gasteiger partial charge on any atom is -0.494 e. The Kier molecular flexibility index (Phi) is 4.58. The van der Waals surface area contributed by atoms with Gasteiger partial charge in [-0.3, -0.25) is 4.90 Å². The molecule has 0 aromatic heterocycles. The molecule has 1 aromatic rings. The quantitative estimate of drug-likeness (QED) is 0.839. The third-order valence-electron chi connectivity index (χ3n) is 4.73. The van der Waals surface area contributed by atoms with Crippen LogP contribution in [0, 0.1) is 0 Å². The van der Waals surface area contributed by atoms with Crippen molar-refractivity contribution in [1.29, 1.82) is 0 Å². The summed E-state index contributed by atoms with van der Waals surface area (Å²) >= 11 is 0. The molecule has 2 fully saturated rings. The number of piperidine rings is 2. The Labute approximate surface area is 122 Å². The summed E-state index contributed by atoms with van der Waals surface area (Å²) in [5.41, 5.74) is 6.17. The number of fused-ring (bicyclic) bond motifs is 2. The maximum Gasteiger partial charge on any atom is 0.119 e. The molecule has 110 valence electrons. The van der Waals surface area contributed by atoms with Crippen LogP contribution in [-0.4, -0.2) is 36.2 Å². The Bertz CT molecular complexity index is 395. The van der Waals surface area contributed by atoms with Gasteiger partial charge in [0.2, 0.25) is 0 Å². The van der Waals surface area contributed by atoms with Gasteiger partial charge >= 0.3 is 0 Å². The highest BCUT2D eigenvalue weighted by molar-refractivity contribution is 5.20. The van der Waals surface area contributed by atoms with Crippen molar-refractivity contribution in [1.82, 2.24) is 4.90 Å². The van der Waals surface area contributed by atoms with Gasteiger partial charge in [0.05, 0.1) is 6.61 Å². The number of hydrogen-bond acceptors (Lipinski definition) is 3. The monoisotopic (exact) mass is 274 g/mol. The van der Waals surface area contributed by atoms with E-state index in [2.05, 4.69) is 4.90 Å². The molecule has 2 unspecified atom stereocenters. The molecule has 3 heteroatoms. The SMILES string of the molecule is NC1CC2CCCC(C1)N2CCCOc1ccccc1. The number of benzene rings is 1. The van der Waals surface area contributed by atoms with Crippen LogP contribution in [-0.2, 0) is 0 Å². The molecule has 2 atom stereocenters. The molecule has 0 spiro atoms. The largest absolute Gasteiger partial charge is 0.494 e. The highest BCUT2D eigenvalue weighted by Crippen LogP contribution is 2.33. The van der Waals surface area contributed by atoms with Crippen molar-refractivity contribution in [3.63, 3.8) is 0 Å². The Hall–Kier alpha value is -1.06. The summed E-state index contributed by atoms with van der Waals surface area (Å²) < 4.78 is 5.79. The van der Waals surface area contributed by atoms with Gasteiger partial charge in [-0.15, -0.1) is 0 Å². The highest BCUT2D eigenvalue weighted by atomic mass is 16.5. The van der Waals surface area contributed by atoms with E-state index in [-0.39, 0.29) is 0 Å². The Morgan fingerprint density at radius 2 is 1.80 bits per heavy atom. The van der Waals surface area contributed by atoms with E-state index in [1.54, 1.807) is 0 Å². The molecule has 2 N–H and O–H groups in total. The van der Waals surface area contributed by atoms with Crippen LogP contribution in [0.15, 0.2) is 30.3 Å². The van der Waals surface area contributed by atoms with Crippen LogP contribution >= 0.6 is 0 Å². The first-order chi connectivity index (χ1) is 9.83. The zero-order valence-electron chi connectivity index (χ0n) is 12.2. The van der Waals surface area contributed by atoms with Crippen LogP contribution in [0.5, 0.6) is 5.75 Å². The smallest absolute Gasteiger partial charge is 0.119 e. The average Bonchev–Trinajstić information content (AvgIpc) is 2.45. The molecule has 20 heavy (non-hydrogen) atoms. The van der Waals surface area contributed by atoms with Crippen molar-refractivity contribution in [2.24, 2.45) is 5.73 Å². The molecule has 2 saturated heterocycles. The summed E-state index contributed by atoms with van der Waals surface area (Å²) in [4.78, 5) is 2.71. The van der Waals surface area contributed by atoms with Gasteiger partial charge < -0.3 is 10.5 Å². The first kappa shape index (κ1) is 13.9. The lowest BCUT2D eigenvalue weighted by Crippen LogP contribution is -2.55. The molecule has 2 aliphatic rings. The molecule has 2 aliphatic heterocycles. The second kappa shape index (κ2) is 6.59. The molecule has 0 aliphatic carbocycles. The molecule has 3 nitrogen and oxygen atoms in total. The molecule has 0 saturated carbocycles. The van der Waals surface area contributed by atoms with Gasteiger partial charge in [0.15, 0.2) is 0 Å². The van der Waals surface area contributed by atoms with Crippen LogP contribution < -0.4 is 10.5 Å². The van der Waals surface area contributed by atoms with Crippen molar-refractivity contribution in [3.8, 4) is 5.75 Å². The van der Waals surface area contributed by atoms with E-state index in [0.717, 1.165) is 37.4 Å². The van der Waals surface area contributed by atoms with Gasteiger partial charge in [-0.05, 0) is 44.2 Å². The van der Waals surface area contributed by atoms with E-state index in [1.165, 1.54) is 32.1 Å². The van der Waals surface area contributed by atoms with Crippen LogP contribution in [0.4, 0.5) is 0 Å². The number of nitrogens with two attached hydrogens (primary N) is 1. The lowest BCUT2D eigenvalue weighted by Gasteiger charge is -2.48. The van der Waals surface area contributed by atoms with Crippen LogP contribution in [0.2, 0.25) is 0 Å². The topological polar surface area (TPSA) is 38.5 Å². The molecule has 1 aromatic carbocycles. The summed E-state index contributed by atoms with van der Waals surface area (Å²) in [7, 11) is 0. The second-order valence-corrected chi connectivity index (χ2v) is 6.22. The van der Waals surface area contributed by atoms with E-state index >= 15 is 0 Å². The van der Waals surface area contributed by atoms with Crippen LogP contribution in [0.3, 0.4) is 0 Å². The van der Waals surface area contributed by atoms with Crippen molar-refractivity contribution in [3.05, 3.63) is 30.3 Å². The first-order valence-electron chi connectivity index (χ1n) is 8.02. The first-order valence-corrected chi connectivity index (χ1v) is 8.02. The van der Waals surface area contributed by atoms with Gasteiger partial charge in [-0.1, -0.05) is 24.6 Å².